The Bertz CT molecular complexity index is 574. The van der Waals surface area contributed by atoms with Crippen LogP contribution in [0.1, 0.15) is 18.5 Å². The van der Waals surface area contributed by atoms with Crippen molar-refractivity contribution in [3.63, 3.8) is 0 Å². The lowest BCUT2D eigenvalue weighted by molar-refractivity contribution is -0.140. The fourth-order valence-corrected chi connectivity index (χ4v) is 4.39. The molecule has 1 aromatic rings. The topological polar surface area (TPSA) is 80.1 Å². The third-order valence-electron chi connectivity index (χ3n) is 4.77. The van der Waals surface area contributed by atoms with E-state index in [9.17, 15) is 28.5 Å². The summed E-state index contributed by atoms with van der Waals surface area (Å²) in [5, 5.41) is 30.6. The number of β-amino-alcohol motifs (C(OH)–C–C–N with tert-alkyl or cyclic N) is 2. The molecular weight excluding hydrogens is 359 g/mol. The van der Waals surface area contributed by atoms with Gasteiger partial charge in [-0.2, -0.15) is 13.2 Å². The maximum Gasteiger partial charge on any atom is 0.434 e. The van der Waals surface area contributed by atoms with Gasteiger partial charge in [0.1, 0.15) is 6.10 Å². The molecule has 10 heteroatoms. The Hall–Kier alpha value is -0.940. The molecule has 1 unspecified atom stereocenters. The largest absolute Gasteiger partial charge is 0.434 e. The second-order valence-corrected chi connectivity index (χ2v) is 7.65. The first kappa shape index (κ1) is 18.8. The predicted octanol–water partition coefficient (Wildman–Crippen LogP) is 0.777. The molecule has 0 aromatic carbocycles. The molecule has 25 heavy (non-hydrogen) atoms. The number of aliphatic hydroxyl groups is 3. The number of halogens is 3. The van der Waals surface area contributed by atoms with Crippen molar-refractivity contribution in [3.05, 3.63) is 11.1 Å². The predicted molar refractivity (Wildman–Crippen MR) is 86.5 cm³/mol. The minimum Gasteiger partial charge on any atom is -0.389 e. The molecule has 6 nitrogen and oxygen atoms in total. The normalized spacial score (nSPS) is 32.2. The van der Waals surface area contributed by atoms with Gasteiger partial charge in [-0.15, -0.1) is 11.3 Å². The lowest BCUT2D eigenvalue weighted by Gasteiger charge is -2.40. The van der Waals surface area contributed by atoms with Gasteiger partial charge in [0.2, 0.25) is 0 Å². The second kappa shape index (κ2) is 7.36. The summed E-state index contributed by atoms with van der Waals surface area (Å²) in [6, 6.07) is 0. The van der Waals surface area contributed by atoms with Gasteiger partial charge in [-0.1, -0.05) is 0 Å². The number of thiazole rings is 1. The van der Waals surface area contributed by atoms with Crippen LogP contribution in [0.3, 0.4) is 0 Å². The quantitative estimate of drug-likeness (QED) is 0.718. The van der Waals surface area contributed by atoms with E-state index in [1.165, 1.54) is 0 Å². The van der Waals surface area contributed by atoms with Crippen molar-refractivity contribution in [3.8, 4) is 0 Å². The Labute approximate surface area is 147 Å². The number of alkyl halides is 3. The minimum absolute atomic E-state index is 0.210. The van der Waals surface area contributed by atoms with Gasteiger partial charge in [0.15, 0.2) is 10.8 Å². The molecule has 3 N–H and O–H groups in total. The number of anilines is 1. The molecular formula is C15H22F3N3O3S. The monoisotopic (exact) mass is 381 g/mol. The highest BCUT2D eigenvalue weighted by atomic mass is 32.1. The van der Waals surface area contributed by atoms with E-state index in [2.05, 4.69) is 4.98 Å². The lowest BCUT2D eigenvalue weighted by Crippen LogP contribution is -2.56. The summed E-state index contributed by atoms with van der Waals surface area (Å²) in [4.78, 5) is 7.49. The number of hydrogen-bond acceptors (Lipinski definition) is 7. The lowest BCUT2D eigenvalue weighted by atomic mass is 9.95. The van der Waals surface area contributed by atoms with Crippen LogP contribution in [0.4, 0.5) is 18.3 Å². The van der Waals surface area contributed by atoms with E-state index in [1.54, 1.807) is 0 Å². The highest BCUT2D eigenvalue weighted by Gasteiger charge is 2.36. The molecule has 0 spiro atoms. The molecule has 0 aliphatic carbocycles. The molecule has 2 fully saturated rings. The molecule has 0 bridgehead atoms. The minimum atomic E-state index is -4.43. The van der Waals surface area contributed by atoms with E-state index in [-0.39, 0.29) is 19.0 Å². The molecule has 3 heterocycles. The van der Waals surface area contributed by atoms with E-state index in [1.807, 2.05) is 9.80 Å². The van der Waals surface area contributed by atoms with Gasteiger partial charge in [0.05, 0.1) is 12.2 Å². The molecule has 4 atom stereocenters. The average Bonchev–Trinajstić information content (AvgIpc) is 3.03. The highest BCUT2D eigenvalue weighted by Crippen LogP contribution is 2.34. The molecule has 1 aromatic heterocycles. The van der Waals surface area contributed by atoms with E-state index in [4.69, 9.17) is 0 Å². The van der Waals surface area contributed by atoms with Crippen LogP contribution in [-0.2, 0) is 6.18 Å². The first-order valence-electron chi connectivity index (χ1n) is 8.28. The number of aromatic nitrogens is 1. The third-order valence-corrected chi connectivity index (χ3v) is 5.67. The van der Waals surface area contributed by atoms with Gasteiger partial charge in [0, 0.05) is 38.1 Å². The van der Waals surface area contributed by atoms with Crippen molar-refractivity contribution >= 4 is 16.5 Å². The van der Waals surface area contributed by atoms with Crippen molar-refractivity contribution in [1.82, 2.24) is 9.88 Å². The van der Waals surface area contributed by atoms with Crippen LogP contribution in [0.25, 0.3) is 0 Å². The molecule has 0 radical (unpaired) electrons. The van der Waals surface area contributed by atoms with Crippen molar-refractivity contribution in [2.45, 2.75) is 37.3 Å². The van der Waals surface area contributed by atoms with Crippen molar-refractivity contribution in [2.75, 3.05) is 37.6 Å². The van der Waals surface area contributed by atoms with Gasteiger partial charge >= 0.3 is 6.18 Å². The first-order chi connectivity index (χ1) is 11.7. The summed E-state index contributed by atoms with van der Waals surface area (Å²) < 4.78 is 38.1. The maximum absolute atomic E-state index is 12.7. The zero-order valence-corrected chi connectivity index (χ0v) is 14.4. The van der Waals surface area contributed by atoms with Crippen LogP contribution in [0.5, 0.6) is 0 Å². The van der Waals surface area contributed by atoms with Gasteiger partial charge in [0.25, 0.3) is 0 Å². The summed E-state index contributed by atoms with van der Waals surface area (Å²) in [5.74, 6) is 0.210. The summed E-state index contributed by atoms with van der Waals surface area (Å²) in [5.41, 5.74) is -0.856. The smallest absolute Gasteiger partial charge is 0.389 e. The van der Waals surface area contributed by atoms with E-state index in [0.717, 1.165) is 29.6 Å². The number of rotatable bonds is 3. The molecule has 2 aliphatic heterocycles. The highest BCUT2D eigenvalue weighted by molar-refractivity contribution is 7.13. The first-order valence-corrected chi connectivity index (χ1v) is 9.16. The Morgan fingerprint density at radius 2 is 1.84 bits per heavy atom. The molecule has 2 aliphatic rings. The number of hydrogen-bond donors (Lipinski definition) is 3. The second-order valence-electron chi connectivity index (χ2n) is 6.81. The fraction of sp³-hybridized carbons (Fsp3) is 0.800. The van der Waals surface area contributed by atoms with Gasteiger partial charge < -0.3 is 20.2 Å². The van der Waals surface area contributed by atoms with E-state index < -0.39 is 30.2 Å². The third kappa shape index (κ3) is 4.43. The van der Waals surface area contributed by atoms with E-state index in [0.29, 0.717) is 24.8 Å². The van der Waals surface area contributed by atoms with Crippen LogP contribution in [0.2, 0.25) is 0 Å². The standard InChI is InChI=1S/C15H22F3N3O3S/c16-15(17,18)12-8-25-14(19-12)21-3-1-2-9(5-21)4-20-6-10(22)13(24)11(23)7-20/h8-11,13,22-24H,1-7H2/t9-,10-,11+,13?/m0/s1. The van der Waals surface area contributed by atoms with Crippen LogP contribution in [-0.4, -0.2) is 76.2 Å². The fourth-order valence-electron chi connectivity index (χ4n) is 3.52. The van der Waals surface area contributed by atoms with Gasteiger partial charge in [-0.3, -0.25) is 4.90 Å². The number of likely N-dealkylation sites (tertiary alicyclic amines) is 1. The Kier molecular flexibility index (Phi) is 5.54. The van der Waals surface area contributed by atoms with Gasteiger partial charge in [-0.05, 0) is 18.8 Å². The molecule has 142 valence electrons. The van der Waals surface area contributed by atoms with Crippen molar-refractivity contribution in [1.29, 1.82) is 0 Å². The van der Waals surface area contributed by atoms with E-state index >= 15 is 0 Å². The molecule has 2 saturated heterocycles. The summed E-state index contributed by atoms with van der Waals surface area (Å²) >= 11 is 1.00. The summed E-state index contributed by atoms with van der Waals surface area (Å²) in [6.45, 7) is 2.45. The number of piperidine rings is 2. The molecule has 0 saturated carbocycles. The van der Waals surface area contributed by atoms with Crippen LogP contribution >= 0.6 is 11.3 Å². The zero-order valence-electron chi connectivity index (χ0n) is 13.6. The SMILES string of the molecule is OC1[C@H](O)CN(C[C@@H]2CCCN(c3nc(C(F)(F)F)cs3)C2)C[C@@H]1O. The van der Waals surface area contributed by atoms with Crippen LogP contribution < -0.4 is 4.90 Å². The number of nitrogens with zero attached hydrogens (tertiary/aromatic N) is 3. The van der Waals surface area contributed by atoms with Crippen LogP contribution in [0, 0.1) is 5.92 Å². The molecule has 3 rings (SSSR count). The zero-order chi connectivity index (χ0) is 18.2. The Balaban J connectivity index is 1.59. The van der Waals surface area contributed by atoms with Crippen LogP contribution in [0.15, 0.2) is 5.38 Å². The average molecular weight is 381 g/mol. The maximum atomic E-state index is 12.7. The summed E-state index contributed by atoms with van der Waals surface area (Å²) in [7, 11) is 0. The molecule has 0 amide bonds. The summed E-state index contributed by atoms with van der Waals surface area (Å²) in [6.07, 6.45) is -5.75. The Morgan fingerprint density at radius 1 is 1.16 bits per heavy atom. The van der Waals surface area contributed by atoms with Crippen molar-refractivity contribution in [2.24, 2.45) is 5.92 Å². The van der Waals surface area contributed by atoms with Gasteiger partial charge in [-0.25, -0.2) is 4.98 Å². The Morgan fingerprint density at radius 3 is 2.44 bits per heavy atom. The van der Waals surface area contributed by atoms with Crippen molar-refractivity contribution < 1.29 is 28.5 Å². The number of aliphatic hydroxyl groups excluding tert-OH is 3.